The summed E-state index contributed by atoms with van der Waals surface area (Å²) in [5.74, 6) is -1.94. The van der Waals surface area contributed by atoms with Gasteiger partial charge in [0.1, 0.15) is 0 Å². The van der Waals surface area contributed by atoms with Gasteiger partial charge in [-0.3, -0.25) is 14.5 Å². The molecule has 146 valence electrons. The van der Waals surface area contributed by atoms with E-state index in [4.69, 9.17) is 9.84 Å². The van der Waals surface area contributed by atoms with Crippen LogP contribution in [0.5, 0.6) is 0 Å². The fourth-order valence-electron chi connectivity index (χ4n) is 2.64. The molecule has 0 bridgehead atoms. The van der Waals surface area contributed by atoms with Crippen LogP contribution in [0.15, 0.2) is 35.4 Å². The number of halogens is 1. The van der Waals surface area contributed by atoms with Gasteiger partial charge in [-0.15, -0.1) is 17.5 Å². The molecule has 2 N–H and O–H groups in total. The highest BCUT2D eigenvalue weighted by atomic mass is 35.5. The lowest BCUT2D eigenvalue weighted by atomic mass is 9.97. The Labute approximate surface area is 160 Å². The largest absolute Gasteiger partial charge is 0.479 e. The molecular formula is C16H19ClN4O6. The molecule has 11 heteroatoms. The zero-order valence-electron chi connectivity index (χ0n) is 14.6. The minimum Gasteiger partial charge on any atom is -0.479 e. The number of aliphatic carboxylic acids is 1. The van der Waals surface area contributed by atoms with Gasteiger partial charge >= 0.3 is 5.97 Å². The topological polar surface area (TPSA) is 127 Å². The van der Waals surface area contributed by atoms with Gasteiger partial charge in [0.05, 0.1) is 18.8 Å². The first kappa shape index (κ1) is 20.6. The number of pyridine rings is 1. The fourth-order valence-corrected chi connectivity index (χ4v) is 2.64. The van der Waals surface area contributed by atoms with E-state index in [-0.39, 0.29) is 31.1 Å². The summed E-state index contributed by atoms with van der Waals surface area (Å²) >= 11 is 0. The van der Waals surface area contributed by atoms with Crippen LogP contribution in [0, 0.1) is 0 Å². The summed E-state index contributed by atoms with van der Waals surface area (Å²) in [6, 6.07) is 4.58. The first-order valence-electron chi connectivity index (χ1n) is 7.83. The Kier molecular flexibility index (Phi) is 5.73. The van der Waals surface area contributed by atoms with Crippen LogP contribution in [-0.2, 0) is 21.4 Å². The summed E-state index contributed by atoms with van der Waals surface area (Å²) in [6.07, 6.45) is 1.68. The predicted molar refractivity (Wildman–Crippen MR) is 96.4 cm³/mol. The van der Waals surface area contributed by atoms with Crippen LogP contribution in [0.1, 0.15) is 6.92 Å². The van der Waals surface area contributed by atoms with Crippen molar-refractivity contribution in [1.82, 2.24) is 14.3 Å². The van der Waals surface area contributed by atoms with Crippen LogP contribution in [0.4, 0.5) is 5.82 Å². The monoisotopic (exact) mass is 398 g/mol. The maximum Gasteiger partial charge on any atom is 0.338 e. The van der Waals surface area contributed by atoms with Gasteiger partial charge in [-0.1, -0.05) is 0 Å². The van der Waals surface area contributed by atoms with Crippen LogP contribution < -0.4 is 10.5 Å². The average Bonchev–Trinajstić information content (AvgIpc) is 3.07. The van der Waals surface area contributed by atoms with Crippen molar-refractivity contribution in [2.24, 2.45) is 7.05 Å². The van der Waals surface area contributed by atoms with E-state index in [1.807, 2.05) is 0 Å². The summed E-state index contributed by atoms with van der Waals surface area (Å²) in [4.78, 5) is 36.6. The number of carbonyl (C=O) groups excluding carboxylic acids is 1. The van der Waals surface area contributed by atoms with E-state index < -0.39 is 23.6 Å². The Balaban J connectivity index is 0.00000261. The molecule has 2 aromatic heterocycles. The summed E-state index contributed by atoms with van der Waals surface area (Å²) in [7, 11) is 1.61. The third-order valence-corrected chi connectivity index (χ3v) is 4.22. The molecule has 0 aliphatic carbocycles. The number of hydrogen-bond acceptors (Lipinski definition) is 6. The van der Waals surface area contributed by atoms with Crippen LogP contribution >= 0.6 is 12.4 Å². The normalized spacial score (nSPS) is 19.3. The lowest BCUT2D eigenvalue weighted by Crippen LogP contribution is -2.60. The van der Waals surface area contributed by atoms with Crippen LogP contribution in [0.3, 0.4) is 0 Å². The molecule has 1 fully saturated rings. The molecule has 10 nitrogen and oxygen atoms in total. The van der Waals surface area contributed by atoms with E-state index in [0.717, 1.165) is 6.92 Å². The number of rotatable bonds is 4. The number of anilines is 1. The maximum absolute atomic E-state index is 12.6. The second kappa shape index (κ2) is 7.51. The summed E-state index contributed by atoms with van der Waals surface area (Å²) in [6.45, 7) is 1.26. The first-order valence-corrected chi connectivity index (χ1v) is 7.83. The molecule has 2 aromatic rings. The Morgan fingerprint density at radius 1 is 1.33 bits per heavy atom. The van der Waals surface area contributed by atoms with Gasteiger partial charge in [-0.2, -0.15) is 0 Å². The Morgan fingerprint density at radius 2 is 2.04 bits per heavy atom. The Hall–Kier alpha value is -2.69. The van der Waals surface area contributed by atoms with Gasteiger partial charge in [0, 0.05) is 31.6 Å². The number of morpholine rings is 1. The SMILES string of the molecule is Cl.Cn1cc(-n2ccc(N3CCO[C@H]([C@@](C)(O)C(=O)O)C3=O)n2)ccc1=O. The van der Waals surface area contributed by atoms with Crippen molar-refractivity contribution in [3.63, 3.8) is 0 Å². The van der Waals surface area contributed by atoms with Crippen LogP contribution in [0.2, 0.25) is 0 Å². The zero-order valence-corrected chi connectivity index (χ0v) is 15.4. The standard InChI is InChI=1S/C16H18N4O6.ClH/c1-16(25,15(23)24)13-14(22)19(7-8-26-13)11-5-6-20(17-11)10-3-4-12(21)18(2)9-10;/h3-6,9,13,25H,7-8H2,1-2H3,(H,23,24);1H/t13-,16+;/m0./s1. The number of carbonyl (C=O) groups is 2. The third kappa shape index (κ3) is 3.72. The summed E-state index contributed by atoms with van der Waals surface area (Å²) in [5.41, 5.74) is -1.90. The summed E-state index contributed by atoms with van der Waals surface area (Å²) in [5, 5.41) is 23.5. The molecule has 3 heterocycles. The fraction of sp³-hybridized carbons (Fsp3) is 0.375. The van der Waals surface area contributed by atoms with Crippen LogP contribution in [0.25, 0.3) is 5.69 Å². The molecule has 1 aliphatic heterocycles. The third-order valence-electron chi connectivity index (χ3n) is 4.22. The minimum atomic E-state index is -2.35. The van der Waals surface area contributed by atoms with E-state index >= 15 is 0 Å². The van der Waals surface area contributed by atoms with Crippen molar-refractivity contribution in [3.05, 3.63) is 40.9 Å². The van der Waals surface area contributed by atoms with Gasteiger partial charge in [0.25, 0.3) is 5.91 Å². The van der Waals surface area contributed by atoms with Crippen molar-refractivity contribution in [3.8, 4) is 5.69 Å². The molecular weight excluding hydrogens is 380 g/mol. The van der Waals surface area contributed by atoms with E-state index in [0.29, 0.717) is 11.5 Å². The lowest BCUT2D eigenvalue weighted by Gasteiger charge is -2.36. The highest BCUT2D eigenvalue weighted by Gasteiger charge is 2.49. The van der Waals surface area contributed by atoms with Crippen LogP contribution in [-0.4, -0.2) is 61.3 Å². The molecule has 1 saturated heterocycles. The van der Waals surface area contributed by atoms with Crippen molar-refractivity contribution >= 4 is 30.1 Å². The number of carboxylic acids is 1. The van der Waals surface area contributed by atoms with Gasteiger partial charge in [0.2, 0.25) is 5.56 Å². The highest BCUT2D eigenvalue weighted by molar-refractivity contribution is 6.00. The van der Waals surface area contributed by atoms with E-state index in [1.165, 1.54) is 20.2 Å². The number of aryl methyl sites for hydroxylation is 1. The van der Waals surface area contributed by atoms with E-state index in [2.05, 4.69) is 5.10 Å². The molecule has 27 heavy (non-hydrogen) atoms. The highest BCUT2D eigenvalue weighted by Crippen LogP contribution is 2.24. The van der Waals surface area contributed by atoms with E-state index in [1.54, 1.807) is 31.6 Å². The number of hydrogen-bond donors (Lipinski definition) is 2. The van der Waals surface area contributed by atoms with Crippen molar-refractivity contribution < 1.29 is 24.5 Å². The van der Waals surface area contributed by atoms with Crippen molar-refractivity contribution in [2.75, 3.05) is 18.1 Å². The molecule has 2 atom stereocenters. The molecule has 0 aromatic carbocycles. The summed E-state index contributed by atoms with van der Waals surface area (Å²) < 4.78 is 8.08. The number of aromatic nitrogens is 3. The molecule has 1 amide bonds. The number of carboxylic acid groups (broad SMARTS) is 1. The minimum absolute atomic E-state index is 0. The lowest BCUT2D eigenvalue weighted by molar-refractivity contribution is -0.180. The first-order chi connectivity index (χ1) is 12.2. The Morgan fingerprint density at radius 3 is 2.67 bits per heavy atom. The molecule has 3 rings (SSSR count). The Bertz CT molecular complexity index is 922. The van der Waals surface area contributed by atoms with Crippen molar-refractivity contribution in [2.45, 2.75) is 18.6 Å². The molecule has 1 aliphatic rings. The number of ether oxygens (including phenoxy) is 1. The quantitative estimate of drug-likeness (QED) is 0.714. The predicted octanol–water partition coefficient (Wildman–Crippen LogP) is -0.440. The maximum atomic E-state index is 12.6. The van der Waals surface area contributed by atoms with Gasteiger partial charge in [0.15, 0.2) is 17.5 Å². The molecule has 0 spiro atoms. The number of amides is 1. The van der Waals surface area contributed by atoms with Crippen molar-refractivity contribution in [1.29, 1.82) is 0 Å². The second-order valence-electron chi connectivity index (χ2n) is 6.15. The van der Waals surface area contributed by atoms with Gasteiger partial charge < -0.3 is 19.5 Å². The molecule has 0 saturated carbocycles. The average molecular weight is 399 g/mol. The molecule has 0 radical (unpaired) electrons. The smallest absolute Gasteiger partial charge is 0.338 e. The zero-order chi connectivity index (χ0) is 19.1. The molecule has 0 unspecified atom stereocenters. The number of nitrogens with zero attached hydrogens (tertiary/aromatic N) is 4. The van der Waals surface area contributed by atoms with E-state index in [9.17, 15) is 19.5 Å². The van der Waals surface area contributed by atoms with Gasteiger partial charge in [-0.25, -0.2) is 9.48 Å². The van der Waals surface area contributed by atoms with Gasteiger partial charge in [-0.05, 0) is 13.0 Å². The second-order valence-corrected chi connectivity index (χ2v) is 6.15. The number of aliphatic hydroxyl groups is 1.